The van der Waals surface area contributed by atoms with E-state index in [0.29, 0.717) is 5.69 Å². The average molecular weight is 418 g/mol. The van der Waals surface area contributed by atoms with Crippen LogP contribution in [0, 0.1) is 17.5 Å². The molecular weight excluding hydrogens is 409 g/mol. The highest BCUT2D eigenvalue weighted by Gasteiger charge is 2.24. The summed E-state index contributed by atoms with van der Waals surface area (Å²) in [6, 6.07) is 7.55. The molecule has 0 aliphatic carbocycles. The average Bonchev–Trinajstić information content (AvgIpc) is 2.81. The van der Waals surface area contributed by atoms with Crippen LogP contribution in [0.5, 0.6) is 5.75 Å². The second-order valence-electron chi connectivity index (χ2n) is 4.80. The molecule has 8 heteroatoms. The minimum atomic E-state index is -0.876. The molecule has 0 saturated heterocycles. The largest absolute Gasteiger partial charge is 0.497 e. The minimum absolute atomic E-state index is 0.0285. The summed E-state index contributed by atoms with van der Waals surface area (Å²) >= 11 is 9.25. The van der Waals surface area contributed by atoms with Crippen molar-refractivity contribution >= 4 is 27.5 Å². The first-order valence-electron chi connectivity index (χ1n) is 6.65. The maximum atomic E-state index is 14.4. The SMILES string of the molecule is COc1cc(F)c(-c2c(Cl)nc(Br)n2-c2cccc(F)c2)c(F)c1. The van der Waals surface area contributed by atoms with Gasteiger partial charge in [-0.25, -0.2) is 18.2 Å². The van der Waals surface area contributed by atoms with E-state index in [9.17, 15) is 13.2 Å². The van der Waals surface area contributed by atoms with E-state index in [2.05, 4.69) is 20.9 Å². The number of halogens is 5. The van der Waals surface area contributed by atoms with E-state index >= 15 is 0 Å². The van der Waals surface area contributed by atoms with Crippen molar-refractivity contribution in [3.05, 3.63) is 63.7 Å². The number of methoxy groups -OCH3 is 1. The van der Waals surface area contributed by atoms with Crippen molar-refractivity contribution in [1.29, 1.82) is 0 Å². The van der Waals surface area contributed by atoms with Gasteiger partial charge >= 0.3 is 0 Å². The number of aromatic nitrogens is 2. The third kappa shape index (κ3) is 2.89. The second-order valence-corrected chi connectivity index (χ2v) is 5.87. The van der Waals surface area contributed by atoms with Crippen LogP contribution < -0.4 is 4.74 Å². The zero-order valence-corrected chi connectivity index (χ0v) is 14.5. The molecule has 0 aliphatic heterocycles. The molecule has 0 saturated carbocycles. The maximum Gasteiger partial charge on any atom is 0.183 e. The van der Waals surface area contributed by atoms with Crippen LogP contribution in [-0.4, -0.2) is 16.7 Å². The third-order valence-corrected chi connectivity index (χ3v) is 4.14. The van der Waals surface area contributed by atoms with Gasteiger partial charge in [-0.2, -0.15) is 0 Å². The molecule has 0 fully saturated rings. The summed E-state index contributed by atoms with van der Waals surface area (Å²) in [6.45, 7) is 0. The smallest absolute Gasteiger partial charge is 0.183 e. The topological polar surface area (TPSA) is 27.1 Å². The van der Waals surface area contributed by atoms with Crippen LogP contribution in [0.25, 0.3) is 16.9 Å². The maximum absolute atomic E-state index is 14.4. The van der Waals surface area contributed by atoms with Gasteiger partial charge in [0, 0.05) is 12.1 Å². The lowest BCUT2D eigenvalue weighted by Gasteiger charge is -2.12. The van der Waals surface area contributed by atoms with Gasteiger partial charge in [0.15, 0.2) is 9.89 Å². The molecule has 3 nitrogen and oxygen atoms in total. The van der Waals surface area contributed by atoms with Crippen LogP contribution in [0.4, 0.5) is 13.2 Å². The number of imidazole rings is 1. The molecule has 1 aromatic heterocycles. The van der Waals surface area contributed by atoms with Gasteiger partial charge in [0.25, 0.3) is 0 Å². The molecule has 3 rings (SSSR count). The fraction of sp³-hybridized carbons (Fsp3) is 0.0625. The highest BCUT2D eigenvalue weighted by molar-refractivity contribution is 9.10. The number of hydrogen-bond donors (Lipinski definition) is 0. The van der Waals surface area contributed by atoms with E-state index < -0.39 is 17.5 Å². The Morgan fingerprint density at radius 2 is 1.79 bits per heavy atom. The number of rotatable bonds is 3. The summed E-state index contributed by atoms with van der Waals surface area (Å²) in [6.07, 6.45) is 0. The van der Waals surface area contributed by atoms with Crippen molar-refractivity contribution in [3.63, 3.8) is 0 Å². The second kappa shape index (κ2) is 6.49. The van der Waals surface area contributed by atoms with E-state index in [1.807, 2.05) is 0 Å². The molecule has 0 atom stereocenters. The van der Waals surface area contributed by atoms with Gasteiger partial charge in [0.2, 0.25) is 0 Å². The highest BCUT2D eigenvalue weighted by atomic mass is 79.9. The summed E-state index contributed by atoms with van der Waals surface area (Å²) in [5.41, 5.74) is -0.110. The van der Waals surface area contributed by atoms with Crippen molar-refractivity contribution in [2.24, 2.45) is 0 Å². The first-order chi connectivity index (χ1) is 11.4. The summed E-state index contributed by atoms with van der Waals surface area (Å²) in [4.78, 5) is 3.98. The van der Waals surface area contributed by atoms with E-state index in [1.165, 1.54) is 29.9 Å². The van der Waals surface area contributed by atoms with E-state index in [1.54, 1.807) is 6.07 Å². The van der Waals surface area contributed by atoms with Crippen LogP contribution in [0.1, 0.15) is 0 Å². The molecule has 0 spiro atoms. The molecule has 0 N–H and O–H groups in total. The Kier molecular flexibility index (Phi) is 4.56. The van der Waals surface area contributed by atoms with Crippen LogP contribution in [0.2, 0.25) is 5.15 Å². The molecule has 24 heavy (non-hydrogen) atoms. The van der Waals surface area contributed by atoms with Crippen molar-refractivity contribution < 1.29 is 17.9 Å². The van der Waals surface area contributed by atoms with E-state index in [4.69, 9.17) is 16.3 Å². The van der Waals surface area contributed by atoms with Gasteiger partial charge in [0.05, 0.1) is 24.1 Å². The van der Waals surface area contributed by atoms with Crippen molar-refractivity contribution in [1.82, 2.24) is 9.55 Å². The lowest BCUT2D eigenvalue weighted by molar-refractivity contribution is 0.407. The molecule has 2 aromatic carbocycles. The number of ether oxygens (including phenoxy) is 1. The predicted octanol–water partition coefficient (Wildman–Crippen LogP) is 5.38. The molecule has 3 aromatic rings. The van der Waals surface area contributed by atoms with Gasteiger partial charge < -0.3 is 4.74 Å². The van der Waals surface area contributed by atoms with Crippen molar-refractivity contribution in [2.45, 2.75) is 0 Å². The normalized spacial score (nSPS) is 10.9. The Labute approximate surface area is 148 Å². The quantitative estimate of drug-likeness (QED) is 0.572. The monoisotopic (exact) mass is 416 g/mol. The predicted molar refractivity (Wildman–Crippen MR) is 88.1 cm³/mol. The van der Waals surface area contributed by atoms with E-state index in [-0.39, 0.29) is 26.9 Å². The molecule has 124 valence electrons. The zero-order chi connectivity index (χ0) is 17.4. The standard InChI is InChI=1S/C16H9BrClF3N2O/c1-24-10-6-11(20)13(12(21)7-10)14-15(18)22-16(17)23(14)9-4-2-3-8(19)5-9/h2-7H,1H3. The van der Waals surface area contributed by atoms with Gasteiger partial charge in [-0.05, 0) is 34.1 Å². The Morgan fingerprint density at radius 3 is 2.38 bits per heavy atom. The van der Waals surface area contributed by atoms with Gasteiger partial charge in [-0.3, -0.25) is 4.57 Å². The molecule has 1 heterocycles. The minimum Gasteiger partial charge on any atom is -0.497 e. The van der Waals surface area contributed by atoms with Gasteiger partial charge in [-0.15, -0.1) is 0 Å². The fourth-order valence-corrected chi connectivity index (χ4v) is 3.25. The van der Waals surface area contributed by atoms with Crippen molar-refractivity contribution in [3.8, 4) is 22.7 Å². The molecule has 0 bridgehead atoms. The van der Waals surface area contributed by atoms with Crippen LogP contribution in [-0.2, 0) is 0 Å². The lowest BCUT2D eigenvalue weighted by Crippen LogP contribution is -2.02. The Bertz CT molecular complexity index is 907. The number of nitrogens with zero attached hydrogens (tertiary/aromatic N) is 2. The van der Waals surface area contributed by atoms with Gasteiger partial charge in [-0.1, -0.05) is 17.7 Å². The summed E-state index contributed by atoms with van der Waals surface area (Å²) in [7, 11) is 1.30. The molecule has 0 amide bonds. The zero-order valence-electron chi connectivity index (χ0n) is 12.2. The third-order valence-electron chi connectivity index (χ3n) is 3.35. The molecule has 0 aliphatic rings. The van der Waals surface area contributed by atoms with Gasteiger partial charge in [0.1, 0.15) is 23.2 Å². The number of benzene rings is 2. The summed E-state index contributed by atoms with van der Waals surface area (Å²) < 4.78 is 48.8. The Balaban J connectivity index is 2.31. The fourth-order valence-electron chi connectivity index (χ4n) is 2.33. The molecular formula is C16H9BrClF3N2O. The molecule has 0 radical (unpaired) electrons. The summed E-state index contributed by atoms with van der Waals surface area (Å²) in [5, 5.41) is -0.130. The summed E-state index contributed by atoms with van der Waals surface area (Å²) in [5.74, 6) is -2.23. The Morgan fingerprint density at radius 1 is 1.12 bits per heavy atom. The van der Waals surface area contributed by atoms with Crippen molar-refractivity contribution in [2.75, 3.05) is 7.11 Å². The van der Waals surface area contributed by atoms with Crippen LogP contribution in [0.3, 0.4) is 0 Å². The van der Waals surface area contributed by atoms with Crippen LogP contribution >= 0.6 is 27.5 Å². The molecule has 0 unspecified atom stereocenters. The first-order valence-corrected chi connectivity index (χ1v) is 7.82. The highest BCUT2D eigenvalue weighted by Crippen LogP contribution is 2.38. The van der Waals surface area contributed by atoms with E-state index in [0.717, 1.165) is 12.1 Å². The Hall–Kier alpha value is -1.99. The lowest BCUT2D eigenvalue weighted by atomic mass is 10.1. The van der Waals surface area contributed by atoms with Crippen LogP contribution in [0.15, 0.2) is 41.1 Å². The number of hydrogen-bond acceptors (Lipinski definition) is 2. The first kappa shape index (κ1) is 16.9.